The third-order valence-corrected chi connectivity index (χ3v) is 16.5. The minimum atomic E-state index is -4.78. The maximum atomic E-state index is 12.6. The van der Waals surface area contributed by atoms with Crippen molar-refractivity contribution in [1.82, 2.24) is 33.6 Å². The zero-order chi connectivity index (χ0) is 66.4. The summed E-state index contributed by atoms with van der Waals surface area (Å²) >= 11 is 6.13. The van der Waals surface area contributed by atoms with Crippen LogP contribution in [-0.4, -0.2) is 111 Å². The van der Waals surface area contributed by atoms with Crippen molar-refractivity contribution in [1.29, 1.82) is 0 Å². The molecule has 0 saturated carbocycles. The number of rotatable bonds is 19. The van der Waals surface area contributed by atoms with E-state index in [1.54, 1.807) is 6.07 Å². The lowest BCUT2D eigenvalue weighted by Crippen LogP contribution is -2.28. The van der Waals surface area contributed by atoms with Gasteiger partial charge in [-0.2, -0.15) is 0 Å². The van der Waals surface area contributed by atoms with Gasteiger partial charge in [0.25, 0.3) is 0 Å². The molecule has 1 aliphatic rings. The summed E-state index contributed by atoms with van der Waals surface area (Å²) in [4.78, 5) is 17.1. The number of likely N-dealkylation sites (tertiary alicyclic amines) is 1. The number of hydrogen-bond acceptors (Lipinski definition) is 11. The molecule has 14 nitrogen and oxygen atoms in total. The molecule has 1 fully saturated rings. The molecule has 6 aromatic heterocycles. The number of alkyl halides is 10. The highest BCUT2D eigenvalue weighted by Crippen LogP contribution is 2.42. The Morgan fingerprint density at radius 3 is 1.04 bits per heavy atom. The number of fused-ring (bicyclic) bond motifs is 3. The zero-order valence-corrected chi connectivity index (χ0v) is 53.5. The Bertz CT molecular complexity index is 3830. The standard InChI is InChI=1S/C25H30F3N3O2.C21H22ClF3N2O2.C21H23F3N2O3/c1-5-18(15-30-10-6-7-11-30)31-14-17(3)24-21(31)12-16(2)23(29-24)20-9-8-19(13-22(20)32-4)33-25(26,27)28;1-5-14(10-22)27-11-13(3)20-17(27)8-12(2)19(26-20)16-7-6-15(9-18(16)28-4)29-21(23,24)25;1-5-14(11-27)26-10-13(3)20-17(26)8-12(2)19(25-20)16-7-6-15(9-18(16)28-4)29-21(22,23)24/h8-9,12-14,18H,5-7,10-11,15H2,1-4H3;6-9,11,14H,5,10H2,1-4H3;6-10,14,27H,5,11H2,1-4H3. The van der Waals surface area contributed by atoms with Crippen LogP contribution < -0.4 is 28.4 Å². The van der Waals surface area contributed by atoms with Crippen LogP contribution in [0.3, 0.4) is 0 Å². The van der Waals surface area contributed by atoms with E-state index >= 15 is 0 Å². The van der Waals surface area contributed by atoms with Crippen LogP contribution in [0.25, 0.3) is 66.9 Å². The van der Waals surface area contributed by atoms with E-state index in [1.807, 2.05) is 77.6 Å². The fraction of sp³-hybridized carbons (Fsp3) is 0.418. The van der Waals surface area contributed by atoms with Gasteiger partial charge in [0.2, 0.25) is 0 Å². The molecule has 7 heterocycles. The third kappa shape index (κ3) is 16.1. The molecule has 3 unspecified atom stereocenters. The molecule has 0 radical (unpaired) electrons. The Morgan fingerprint density at radius 1 is 0.462 bits per heavy atom. The van der Waals surface area contributed by atoms with E-state index in [0.717, 1.165) is 105 Å². The van der Waals surface area contributed by atoms with Gasteiger partial charge >= 0.3 is 19.1 Å². The summed E-state index contributed by atoms with van der Waals surface area (Å²) < 4.78 is 148. The van der Waals surface area contributed by atoms with Gasteiger partial charge in [-0.25, -0.2) is 15.0 Å². The molecule has 3 aromatic carbocycles. The smallest absolute Gasteiger partial charge is 0.496 e. The van der Waals surface area contributed by atoms with Crippen LogP contribution >= 0.6 is 11.6 Å². The summed E-state index contributed by atoms with van der Waals surface area (Å²) in [7, 11) is 4.22. The number of nitrogens with zero attached hydrogens (tertiary/aromatic N) is 7. The van der Waals surface area contributed by atoms with Crippen LogP contribution in [0.4, 0.5) is 39.5 Å². The molecule has 1 N–H and O–H groups in total. The molecule has 0 aliphatic carbocycles. The lowest BCUT2D eigenvalue weighted by atomic mass is 10.0. The summed E-state index contributed by atoms with van der Waals surface area (Å²) in [5.41, 5.74) is 14.9. The normalized spacial score (nSPS) is 14.0. The largest absolute Gasteiger partial charge is 0.573 e. The maximum absolute atomic E-state index is 12.6. The Kier molecular flexibility index (Phi) is 21.8. The van der Waals surface area contributed by atoms with Crippen molar-refractivity contribution >= 4 is 44.7 Å². The van der Waals surface area contributed by atoms with Gasteiger partial charge in [0.1, 0.15) is 34.5 Å². The van der Waals surface area contributed by atoms with E-state index in [0.29, 0.717) is 45.7 Å². The number of hydrogen-bond donors (Lipinski definition) is 1. The van der Waals surface area contributed by atoms with E-state index in [9.17, 15) is 44.6 Å². The Labute approximate surface area is 527 Å². The lowest BCUT2D eigenvalue weighted by molar-refractivity contribution is -0.275. The van der Waals surface area contributed by atoms with Crippen molar-refractivity contribution in [3.05, 3.63) is 125 Å². The van der Waals surface area contributed by atoms with E-state index in [-0.39, 0.29) is 53.2 Å². The molecular formula is C67H75ClF9N7O7. The second-order valence-electron chi connectivity index (χ2n) is 22.5. The van der Waals surface area contributed by atoms with Gasteiger partial charge in [0.05, 0.1) is 84.2 Å². The first kappa shape index (κ1) is 69.0. The Hall–Kier alpha value is -7.89. The predicted octanol–water partition coefficient (Wildman–Crippen LogP) is 17.9. The summed E-state index contributed by atoms with van der Waals surface area (Å²) in [6, 6.07) is 18.7. The van der Waals surface area contributed by atoms with Crippen molar-refractivity contribution in [2.24, 2.45) is 0 Å². The first-order chi connectivity index (χ1) is 43.1. The molecule has 1 aliphatic heterocycles. The third-order valence-electron chi connectivity index (χ3n) is 16.2. The van der Waals surface area contributed by atoms with Gasteiger partial charge in [-0.05, 0) is 175 Å². The lowest BCUT2D eigenvalue weighted by Gasteiger charge is -2.25. The highest BCUT2D eigenvalue weighted by atomic mass is 35.5. The number of aromatic nitrogens is 6. The van der Waals surface area contributed by atoms with Crippen LogP contribution in [0.2, 0.25) is 0 Å². The zero-order valence-electron chi connectivity index (χ0n) is 52.8. The first-order valence-corrected chi connectivity index (χ1v) is 30.3. The van der Waals surface area contributed by atoms with Crippen LogP contribution in [0, 0.1) is 41.5 Å². The molecule has 0 spiro atoms. The van der Waals surface area contributed by atoms with Gasteiger partial charge in [-0.15, -0.1) is 51.1 Å². The number of aryl methyl sites for hydroxylation is 6. The highest BCUT2D eigenvalue weighted by Gasteiger charge is 2.34. The van der Waals surface area contributed by atoms with Crippen molar-refractivity contribution < 1.29 is 73.0 Å². The minimum Gasteiger partial charge on any atom is -0.496 e. The van der Waals surface area contributed by atoms with Crippen molar-refractivity contribution in [3.8, 4) is 68.3 Å². The van der Waals surface area contributed by atoms with E-state index in [2.05, 4.69) is 54.4 Å². The molecule has 490 valence electrons. The number of halogens is 10. The van der Waals surface area contributed by atoms with Crippen molar-refractivity contribution in [2.45, 2.75) is 132 Å². The molecule has 0 amide bonds. The van der Waals surface area contributed by atoms with E-state index in [1.165, 1.54) is 82.7 Å². The number of benzene rings is 3. The average molecular weight is 1300 g/mol. The topological polar surface area (TPSA) is 132 Å². The number of pyridine rings is 3. The van der Waals surface area contributed by atoms with Gasteiger partial charge < -0.3 is 52.1 Å². The molecule has 1 saturated heterocycles. The summed E-state index contributed by atoms with van der Waals surface area (Å²) in [6.07, 6.45) is -2.92. The monoisotopic (exact) mass is 1300 g/mol. The summed E-state index contributed by atoms with van der Waals surface area (Å²) in [5.74, 6) is 0.252. The van der Waals surface area contributed by atoms with Crippen LogP contribution in [0.1, 0.15) is 104 Å². The molecule has 3 atom stereocenters. The number of aliphatic hydroxyl groups excluding tert-OH is 1. The van der Waals surface area contributed by atoms with Crippen LogP contribution in [0.15, 0.2) is 91.4 Å². The molecule has 9 aromatic rings. The predicted molar refractivity (Wildman–Crippen MR) is 335 cm³/mol. The molecule has 0 bridgehead atoms. The average Bonchev–Trinajstić information content (AvgIpc) is 1.72. The number of ether oxygens (including phenoxy) is 6. The molecule has 24 heteroatoms. The SMILES string of the molecule is CCC(CCl)n1cc(C)c2nc(-c3ccc(OC(F)(F)F)cc3OC)c(C)cc21.CCC(CN1CCCC1)n1cc(C)c2nc(-c3ccc(OC(F)(F)F)cc3OC)c(C)cc21.CCC(CO)n1cc(C)c2nc(-c3ccc(OC(F)(F)F)cc3OC)c(C)cc21. The fourth-order valence-electron chi connectivity index (χ4n) is 11.7. The number of methoxy groups -OCH3 is 3. The quantitative estimate of drug-likeness (QED) is 0.0613. The maximum Gasteiger partial charge on any atom is 0.573 e. The van der Waals surface area contributed by atoms with E-state index in [4.69, 9.17) is 40.8 Å². The molecule has 10 rings (SSSR count). The summed E-state index contributed by atoms with van der Waals surface area (Å²) in [5, 5.41) is 9.68. The van der Waals surface area contributed by atoms with Crippen molar-refractivity contribution in [3.63, 3.8) is 0 Å². The van der Waals surface area contributed by atoms with Gasteiger partial charge in [-0.1, -0.05) is 20.8 Å². The van der Waals surface area contributed by atoms with Crippen LogP contribution in [0.5, 0.6) is 34.5 Å². The minimum absolute atomic E-state index is 0.0228. The Balaban J connectivity index is 0.000000176. The van der Waals surface area contributed by atoms with E-state index < -0.39 is 19.1 Å². The second kappa shape index (κ2) is 28.7. The molecular weight excluding hydrogens is 1220 g/mol. The highest BCUT2D eigenvalue weighted by molar-refractivity contribution is 6.18. The van der Waals surface area contributed by atoms with Gasteiger partial charge in [0, 0.05) is 78.0 Å². The fourth-order valence-corrected chi connectivity index (χ4v) is 12.0. The van der Waals surface area contributed by atoms with Gasteiger partial charge in [-0.3, -0.25) is 0 Å². The summed E-state index contributed by atoms with van der Waals surface area (Å²) in [6.45, 7) is 21.4. The Morgan fingerprint density at radius 2 is 0.769 bits per heavy atom. The first-order valence-electron chi connectivity index (χ1n) is 29.7. The number of aliphatic hydroxyl groups is 1. The van der Waals surface area contributed by atoms with Gasteiger partial charge in [0.15, 0.2) is 0 Å². The second-order valence-corrected chi connectivity index (χ2v) is 22.8. The molecule has 91 heavy (non-hydrogen) atoms. The van der Waals surface area contributed by atoms with Crippen LogP contribution in [-0.2, 0) is 0 Å². The van der Waals surface area contributed by atoms with Crippen molar-refractivity contribution in [2.75, 3.05) is 53.5 Å².